The highest BCUT2D eigenvalue weighted by Crippen LogP contribution is 2.18. The van der Waals surface area contributed by atoms with Crippen molar-refractivity contribution in [2.45, 2.75) is 84.0 Å². The molecule has 0 saturated heterocycles. The molecule has 26 heavy (non-hydrogen) atoms. The molecule has 0 aliphatic carbocycles. The second kappa shape index (κ2) is 15.5. The molecule has 1 aromatic rings. The minimum absolute atomic E-state index is 0.0850. The number of nitrogens with one attached hydrogen (secondary N) is 1. The minimum atomic E-state index is 0.0850. The molecular weight excluding hydrogens is 322 g/mol. The van der Waals surface area contributed by atoms with Crippen molar-refractivity contribution in [2.24, 2.45) is 0 Å². The van der Waals surface area contributed by atoms with E-state index < -0.39 is 0 Å². The number of ether oxygens (including phenoxy) is 1. The second-order valence-electron chi connectivity index (χ2n) is 6.96. The van der Waals surface area contributed by atoms with Crippen molar-refractivity contribution in [3.63, 3.8) is 0 Å². The van der Waals surface area contributed by atoms with Crippen LogP contribution in [0.4, 0.5) is 5.69 Å². The zero-order chi connectivity index (χ0) is 18.9. The van der Waals surface area contributed by atoms with Crippen LogP contribution in [0.5, 0.6) is 5.75 Å². The van der Waals surface area contributed by atoms with E-state index in [2.05, 4.69) is 18.8 Å². The average molecular weight is 360 g/mol. The highest BCUT2D eigenvalue weighted by molar-refractivity contribution is 5.90. The monoisotopic (exact) mass is 359 g/mol. The lowest BCUT2D eigenvalue weighted by Crippen LogP contribution is -2.11. The third kappa shape index (κ3) is 11.7. The topological polar surface area (TPSA) is 38.3 Å². The SMILES string of the molecule is C=CCOc1cccc(NC(=O)CCCCCCCCCCCCC)c1. The van der Waals surface area contributed by atoms with Gasteiger partial charge in [-0.05, 0) is 18.6 Å². The number of carbonyl (C=O) groups excluding carboxylic acids is 1. The molecule has 0 fully saturated rings. The van der Waals surface area contributed by atoms with Gasteiger partial charge in [0.25, 0.3) is 0 Å². The quantitative estimate of drug-likeness (QED) is 0.258. The zero-order valence-electron chi connectivity index (χ0n) is 16.6. The van der Waals surface area contributed by atoms with Crippen molar-refractivity contribution >= 4 is 11.6 Å². The third-order valence-corrected chi connectivity index (χ3v) is 4.49. The summed E-state index contributed by atoms with van der Waals surface area (Å²) in [4.78, 5) is 12.0. The number of hydrogen-bond acceptors (Lipinski definition) is 2. The van der Waals surface area contributed by atoms with Crippen LogP contribution in [0, 0.1) is 0 Å². The molecular formula is C23H37NO2. The molecule has 0 bridgehead atoms. The van der Waals surface area contributed by atoms with Gasteiger partial charge in [0.2, 0.25) is 5.91 Å². The largest absolute Gasteiger partial charge is 0.489 e. The van der Waals surface area contributed by atoms with E-state index in [0.717, 1.165) is 24.3 Å². The fraction of sp³-hybridized carbons (Fsp3) is 0.609. The predicted octanol–water partition coefficient (Wildman–Crippen LogP) is 6.89. The van der Waals surface area contributed by atoms with E-state index in [4.69, 9.17) is 4.74 Å². The molecule has 0 saturated carbocycles. The summed E-state index contributed by atoms with van der Waals surface area (Å²) in [7, 11) is 0. The van der Waals surface area contributed by atoms with Crippen LogP contribution in [0.3, 0.4) is 0 Å². The minimum Gasteiger partial charge on any atom is -0.489 e. The first kappa shape index (κ1) is 22.3. The Bertz CT molecular complexity index is 499. The first-order valence-corrected chi connectivity index (χ1v) is 10.4. The van der Waals surface area contributed by atoms with E-state index >= 15 is 0 Å². The lowest BCUT2D eigenvalue weighted by molar-refractivity contribution is -0.116. The first-order valence-electron chi connectivity index (χ1n) is 10.4. The molecule has 3 nitrogen and oxygen atoms in total. The summed E-state index contributed by atoms with van der Waals surface area (Å²) in [5.74, 6) is 0.833. The van der Waals surface area contributed by atoms with Gasteiger partial charge in [-0.25, -0.2) is 0 Å². The number of hydrogen-bond donors (Lipinski definition) is 1. The zero-order valence-corrected chi connectivity index (χ0v) is 16.6. The molecule has 0 aliphatic heterocycles. The Balaban J connectivity index is 2.02. The standard InChI is InChI=1S/C23H37NO2/c1-3-5-6-7-8-9-10-11-12-13-14-18-23(25)24-21-16-15-17-22(20-21)26-19-4-2/h4,15-17,20H,2-3,5-14,18-19H2,1H3,(H,24,25). The molecule has 0 heterocycles. The van der Waals surface area contributed by atoms with Crippen LogP contribution in [0.15, 0.2) is 36.9 Å². The molecule has 0 aliphatic rings. The average Bonchev–Trinajstić information content (AvgIpc) is 2.64. The normalized spacial score (nSPS) is 10.5. The van der Waals surface area contributed by atoms with Gasteiger partial charge in [0, 0.05) is 18.2 Å². The number of benzene rings is 1. The van der Waals surface area contributed by atoms with E-state index in [0.29, 0.717) is 13.0 Å². The smallest absolute Gasteiger partial charge is 0.224 e. The van der Waals surface area contributed by atoms with Crippen LogP contribution in [-0.4, -0.2) is 12.5 Å². The van der Waals surface area contributed by atoms with Crippen molar-refractivity contribution in [3.05, 3.63) is 36.9 Å². The molecule has 1 aromatic carbocycles. The molecule has 1 N–H and O–H groups in total. The van der Waals surface area contributed by atoms with Crippen LogP contribution in [-0.2, 0) is 4.79 Å². The lowest BCUT2D eigenvalue weighted by Gasteiger charge is -2.08. The van der Waals surface area contributed by atoms with Crippen LogP contribution < -0.4 is 10.1 Å². The first-order chi connectivity index (χ1) is 12.8. The van der Waals surface area contributed by atoms with Gasteiger partial charge >= 0.3 is 0 Å². The van der Waals surface area contributed by atoms with Crippen LogP contribution >= 0.6 is 0 Å². The van der Waals surface area contributed by atoms with E-state index in [1.807, 2.05) is 24.3 Å². The molecule has 3 heteroatoms. The Hall–Kier alpha value is -1.77. The molecule has 0 spiro atoms. The van der Waals surface area contributed by atoms with Gasteiger partial charge in [-0.2, -0.15) is 0 Å². The number of carbonyl (C=O) groups is 1. The Morgan fingerprint density at radius 2 is 1.62 bits per heavy atom. The van der Waals surface area contributed by atoms with Crippen molar-refractivity contribution < 1.29 is 9.53 Å². The third-order valence-electron chi connectivity index (χ3n) is 4.49. The van der Waals surface area contributed by atoms with Gasteiger partial charge in [0.05, 0.1) is 0 Å². The van der Waals surface area contributed by atoms with Crippen molar-refractivity contribution in [1.29, 1.82) is 0 Å². The summed E-state index contributed by atoms with van der Waals surface area (Å²) in [6, 6.07) is 7.50. The number of anilines is 1. The van der Waals surface area contributed by atoms with Gasteiger partial charge < -0.3 is 10.1 Å². The lowest BCUT2D eigenvalue weighted by atomic mass is 10.1. The number of unbranched alkanes of at least 4 members (excludes halogenated alkanes) is 10. The van der Waals surface area contributed by atoms with Crippen LogP contribution in [0.2, 0.25) is 0 Å². The maximum atomic E-state index is 12.0. The van der Waals surface area contributed by atoms with Gasteiger partial charge in [-0.15, -0.1) is 0 Å². The van der Waals surface area contributed by atoms with Gasteiger partial charge in [-0.3, -0.25) is 4.79 Å². The van der Waals surface area contributed by atoms with Crippen LogP contribution in [0.1, 0.15) is 84.0 Å². The number of rotatable bonds is 16. The summed E-state index contributed by atoms with van der Waals surface area (Å²) in [5, 5.41) is 2.95. The fourth-order valence-electron chi connectivity index (χ4n) is 2.99. The highest BCUT2D eigenvalue weighted by atomic mass is 16.5. The van der Waals surface area contributed by atoms with E-state index in [9.17, 15) is 4.79 Å². The molecule has 0 radical (unpaired) electrons. The van der Waals surface area contributed by atoms with Crippen molar-refractivity contribution in [3.8, 4) is 5.75 Å². The summed E-state index contributed by atoms with van der Waals surface area (Å²) >= 11 is 0. The summed E-state index contributed by atoms with van der Waals surface area (Å²) in [6.07, 6.45) is 16.6. The van der Waals surface area contributed by atoms with Crippen LogP contribution in [0.25, 0.3) is 0 Å². The molecule has 0 aromatic heterocycles. The fourth-order valence-corrected chi connectivity index (χ4v) is 2.99. The van der Waals surface area contributed by atoms with Gasteiger partial charge in [-0.1, -0.05) is 89.9 Å². The Kier molecular flexibility index (Phi) is 13.3. The molecule has 1 rings (SSSR count). The second-order valence-corrected chi connectivity index (χ2v) is 6.96. The molecule has 146 valence electrons. The Labute approximate surface area is 160 Å². The predicted molar refractivity (Wildman–Crippen MR) is 112 cm³/mol. The van der Waals surface area contributed by atoms with Crippen molar-refractivity contribution in [1.82, 2.24) is 0 Å². The summed E-state index contributed by atoms with van der Waals surface area (Å²) in [5.41, 5.74) is 0.791. The van der Waals surface area contributed by atoms with E-state index in [1.54, 1.807) is 6.08 Å². The van der Waals surface area contributed by atoms with Gasteiger partial charge in [0.1, 0.15) is 12.4 Å². The molecule has 1 amide bonds. The van der Waals surface area contributed by atoms with Crippen molar-refractivity contribution in [2.75, 3.05) is 11.9 Å². The Morgan fingerprint density at radius 1 is 1.00 bits per heavy atom. The maximum absolute atomic E-state index is 12.0. The molecule has 0 unspecified atom stereocenters. The maximum Gasteiger partial charge on any atom is 0.224 e. The summed E-state index contributed by atoms with van der Waals surface area (Å²) < 4.78 is 5.48. The summed E-state index contributed by atoms with van der Waals surface area (Å²) in [6.45, 7) is 6.36. The molecule has 0 atom stereocenters. The number of amides is 1. The highest BCUT2D eigenvalue weighted by Gasteiger charge is 2.03. The van der Waals surface area contributed by atoms with Gasteiger partial charge in [0.15, 0.2) is 0 Å². The van der Waals surface area contributed by atoms with E-state index in [1.165, 1.54) is 57.8 Å². The van der Waals surface area contributed by atoms with E-state index in [-0.39, 0.29) is 5.91 Å². The Morgan fingerprint density at radius 3 is 2.23 bits per heavy atom.